The second kappa shape index (κ2) is 8.73. The van der Waals surface area contributed by atoms with Crippen molar-refractivity contribution in [2.45, 2.75) is 19.8 Å². The summed E-state index contributed by atoms with van der Waals surface area (Å²) in [5, 5.41) is 2.86. The summed E-state index contributed by atoms with van der Waals surface area (Å²) >= 11 is 0. The number of aromatic nitrogens is 2. The molecule has 1 aromatic heterocycles. The number of nitrogens with one attached hydrogen (secondary N) is 1. The minimum absolute atomic E-state index is 0.264. The van der Waals surface area contributed by atoms with Crippen LogP contribution < -0.4 is 15.0 Å². The average molecular weight is 388 g/mol. The van der Waals surface area contributed by atoms with Gasteiger partial charge in [-0.25, -0.2) is 9.97 Å². The van der Waals surface area contributed by atoms with Crippen molar-refractivity contribution in [2.75, 3.05) is 23.3 Å². The summed E-state index contributed by atoms with van der Waals surface area (Å²) in [6.07, 6.45) is 5.61. The minimum Gasteiger partial charge on any atom is -0.457 e. The Hall–Kier alpha value is -3.41. The fourth-order valence-electron chi connectivity index (χ4n) is 3.31. The lowest BCUT2D eigenvalue weighted by atomic mass is 10.00. The zero-order valence-electron chi connectivity index (χ0n) is 16.4. The largest absolute Gasteiger partial charge is 0.457 e. The highest BCUT2D eigenvalue weighted by molar-refractivity contribution is 6.06. The van der Waals surface area contributed by atoms with Crippen LogP contribution in [0.1, 0.15) is 30.1 Å². The van der Waals surface area contributed by atoms with E-state index in [2.05, 4.69) is 27.1 Å². The molecular formula is C23H24N4O2. The molecule has 4 rings (SSSR count). The third-order valence-corrected chi connectivity index (χ3v) is 5.07. The maximum atomic E-state index is 12.8. The van der Waals surface area contributed by atoms with Crippen LogP contribution in [0, 0.1) is 5.92 Å². The number of benzene rings is 2. The summed E-state index contributed by atoms with van der Waals surface area (Å²) in [5.41, 5.74) is 1.00. The molecule has 0 spiro atoms. The normalized spacial score (nSPS) is 14.4. The maximum Gasteiger partial charge on any atom is 0.259 e. The van der Waals surface area contributed by atoms with Gasteiger partial charge in [0, 0.05) is 13.1 Å². The first-order chi connectivity index (χ1) is 14.2. The highest BCUT2D eigenvalue weighted by Gasteiger charge is 2.18. The number of anilines is 2. The molecule has 3 aromatic rings. The van der Waals surface area contributed by atoms with Crippen LogP contribution >= 0.6 is 0 Å². The predicted molar refractivity (Wildman–Crippen MR) is 114 cm³/mol. The van der Waals surface area contributed by atoms with E-state index in [-0.39, 0.29) is 5.91 Å². The Morgan fingerprint density at radius 2 is 1.66 bits per heavy atom. The Morgan fingerprint density at radius 1 is 1.00 bits per heavy atom. The summed E-state index contributed by atoms with van der Waals surface area (Å²) < 4.78 is 5.88. The third kappa shape index (κ3) is 4.71. The SMILES string of the molecule is CC1CCN(c2ncc(NC(=O)c3ccccc3Oc3ccccc3)cn2)CC1. The van der Waals surface area contributed by atoms with E-state index in [0.717, 1.165) is 31.8 Å². The molecule has 1 saturated heterocycles. The zero-order valence-corrected chi connectivity index (χ0v) is 16.4. The van der Waals surface area contributed by atoms with E-state index >= 15 is 0 Å². The van der Waals surface area contributed by atoms with E-state index in [0.29, 0.717) is 28.7 Å². The summed E-state index contributed by atoms with van der Waals surface area (Å²) in [6.45, 7) is 4.21. The molecule has 0 aliphatic carbocycles. The summed E-state index contributed by atoms with van der Waals surface area (Å²) in [7, 11) is 0. The second-order valence-corrected chi connectivity index (χ2v) is 7.31. The summed E-state index contributed by atoms with van der Waals surface area (Å²) in [6, 6.07) is 16.6. The fourth-order valence-corrected chi connectivity index (χ4v) is 3.31. The quantitative estimate of drug-likeness (QED) is 0.683. The second-order valence-electron chi connectivity index (χ2n) is 7.31. The standard InChI is InChI=1S/C23H24N4O2/c1-17-11-13-27(14-12-17)23-24-15-18(16-25-23)26-22(28)20-9-5-6-10-21(20)29-19-7-3-2-4-8-19/h2-10,15-17H,11-14H2,1H3,(H,26,28). The van der Waals surface area contributed by atoms with Crippen LogP contribution in [0.3, 0.4) is 0 Å². The van der Waals surface area contributed by atoms with E-state index in [1.165, 1.54) is 0 Å². The monoisotopic (exact) mass is 388 g/mol. The molecule has 1 aliphatic heterocycles. The highest BCUT2D eigenvalue weighted by atomic mass is 16.5. The highest BCUT2D eigenvalue weighted by Crippen LogP contribution is 2.26. The van der Waals surface area contributed by atoms with Crippen LogP contribution in [0.25, 0.3) is 0 Å². The number of piperidine rings is 1. The minimum atomic E-state index is -0.264. The average Bonchev–Trinajstić information content (AvgIpc) is 2.76. The van der Waals surface area contributed by atoms with Gasteiger partial charge >= 0.3 is 0 Å². The number of ether oxygens (including phenoxy) is 1. The molecular weight excluding hydrogens is 364 g/mol. The van der Waals surface area contributed by atoms with Crippen molar-refractivity contribution >= 4 is 17.5 Å². The lowest BCUT2D eigenvalue weighted by Crippen LogP contribution is -2.34. The van der Waals surface area contributed by atoms with E-state index in [1.807, 2.05) is 42.5 Å². The van der Waals surface area contributed by atoms with E-state index in [4.69, 9.17) is 4.74 Å². The lowest BCUT2D eigenvalue weighted by Gasteiger charge is -2.30. The van der Waals surface area contributed by atoms with Gasteiger partial charge in [0.15, 0.2) is 0 Å². The van der Waals surface area contributed by atoms with Crippen LogP contribution in [0.15, 0.2) is 67.0 Å². The third-order valence-electron chi connectivity index (χ3n) is 5.07. The molecule has 6 nitrogen and oxygen atoms in total. The number of rotatable bonds is 5. The molecule has 1 N–H and O–H groups in total. The Morgan fingerprint density at radius 3 is 2.38 bits per heavy atom. The van der Waals surface area contributed by atoms with Crippen LogP contribution in [0.2, 0.25) is 0 Å². The first-order valence-electron chi connectivity index (χ1n) is 9.89. The number of carbonyl (C=O) groups excluding carboxylic acids is 1. The van der Waals surface area contributed by atoms with Crippen LogP contribution in [-0.2, 0) is 0 Å². The molecule has 0 atom stereocenters. The van der Waals surface area contributed by atoms with E-state index < -0.39 is 0 Å². The Balaban J connectivity index is 1.44. The van der Waals surface area contributed by atoms with Crippen molar-refractivity contribution < 1.29 is 9.53 Å². The molecule has 0 unspecified atom stereocenters. The lowest BCUT2D eigenvalue weighted by molar-refractivity contribution is 0.102. The van der Waals surface area contributed by atoms with Crippen LogP contribution in [-0.4, -0.2) is 29.0 Å². The van der Waals surface area contributed by atoms with Crippen molar-refractivity contribution in [1.29, 1.82) is 0 Å². The molecule has 0 saturated carbocycles. The number of carbonyl (C=O) groups is 1. The molecule has 148 valence electrons. The zero-order chi connectivity index (χ0) is 20.1. The molecule has 29 heavy (non-hydrogen) atoms. The molecule has 2 heterocycles. The predicted octanol–water partition coefficient (Wildman–Crippen LogP) is 4.76. The Kier molecular flexibility index (Phi) is 5.70. The molecule has 1 fully saturated rings. The summed E-state index contributed by atoms with van der Waals surface area (Å²) in [5.74, 6) is 2.37. The van der Waals surface area contributed by atoms with Crippen molar-refractivity contribution in [3.05, 3.63) is 72.6 Å². The summed E-state index contributed by atoms with van der Waals surface area (Å²) in [4.78, 5) is 23.8. The smallest absolute Gasteiger partial charge is 0.259 e. The van der Waals surface area contributed by atoms with Crippen LogP contribution in [0.5, 0.6) is 11.5 Å². The molecule has 0 bridgehead atoms. The number of hydrogen-bond acceptors (Lipinski definition) is 5. The van der Waals surface area contributed by atoms with Gasteiger partial charge in [-0.15, -0.1) is 0 Å². The first kappa shape index (κ1) is 18.9. The van der Waals surface area contributed by atoms with Gasteiger partial charge in [0.05, 0.1) is 23.6 Å². The molecule has 1 aliphatic rings. The van der Waals surface area contributed by atoms with Gasteiger partial charge in [-0.2, -0.15) is 0 Å². The fraction of sp³-hybridized carbons (Fsp3) is 0.261. The topological polar surface area (TPSA) is 67.4 Å². The molecule has 2 aromatic carbocycles. The molecule has 6 heteroatoms. The first-order valence-corrected chi connectivity index (χ1v) is 9.89. The number of para-hydroxylation sites is 2. The van der Waals surface area contributed by atoms with Crippen molar-refractivity contribution in [3.63, 3.8) is 0 Å². The Labute approximate surface area is 170 Å². The molecule has 1 amide bonds. The van der Waals surface area contributed by atoms with E-state index in [1.54, 1.807) is 24.5 Å². The maximum absolute atomic E-state index is 12.8. The number of nitrogens with zero attached hydrogens (tertiary/aromatic N) is 3. The van der Waals surface area contributed by atoms with Gasteiger partial charge in [-0.3, -0.25) is 4.79 Å². The van der Waals surface area contributed by atoms with Crippen molar-refractivity contribution in [1.82, 2.24) is 9.97 Å². The molecule has 0 radical (unpaired) electrons. The number of hydrogen-bond donors (Lipinski definition) is 1. The Bertz CT molecular complexity index is 952. The van der Waals surface area contributed by atoms with Crippen molar-refractivity contribution in [3.8, 4) is 11.5 Å². The van der Waals surface area contributed by atoms with E-state index in [9.17, 15) is 4.79 Å². The van der Waals surface area contributed by atoms with Gasteiger partial charge in [-0.05, 0) is 43.0 Å². The van der Waals surface area contributed by atoms with Gasteiger partial charge in [0.1, 0.15) is 11.5 Å². The van der Waals surface area contributed by atoms with Crippen LogP contribution in [0.4, 0.5) is 11.6 Å². The van der Waals surface area contributed by atoms with Gasteiger partial charge in [0.2, 0.25) is 5.95 Å². The van der Waals surface area contributed by atoms with Gasteiger partial charge in [-0.1, -0.05) is 37.3 Å². The van der Waals surface area contributed by atoms with Gasteiger partial charge < -0.3 is 15.0 Å². The van der Waals surface area contributed by atoms with Gasteiger partial charge in [0.25, 0.3) is 5.91 Å². The number of amides is 1. The van der Waals surface area contributed by atoms with Crippen molar-refractivity contribution in [2.24, 2.45) is 5.92 Å².